The lowest BCUT2D eigenvalue weighted by molar-refractivity contribution is 0.0946. The molecule has 0 aliphatic heterocycles. The van der Waals surface area contributed by atoms with Gasteiger partial charge in [-0.25, -0.2) is 0 Å². The number of hydrogen-bond acceptors (Lipinski definition) is 4. The third kappa shape index (κ3) is 3.90. The second kappa shape index (κ2) is 8.10. The van der Waals surface area contributed by atoms with Crippen LogP contribution in [0.15, 0.2) is 54.6 Å². The summed E-state index contributed by atoms with van der Waals surface area (Å²) in [5, 5.41) is 10.6. The molecule has 0 atom stereocenters. The zero-order valence-electron chi connectivity index (χ0n) is 19.7. The molecule has 2 N–H and O–H groups in total. The van der Waals surface area contributed by atoms with Crippen molar-refractivity contribution in [3.05, 3.63) is 82.7 Å². The van der Waals surface area contributed by atoms with Crippen LogP contribution in [0.1, 0.15) is 45.7 Å². The van der Waals surface area contributed by atoms with Crippen LogP contribution in [0.25, 0.3) is 6.08 Å². The fraction of sp³-hybridized carbons (Fsp3) is 0.333. The largest absolute Gasteiger partial charge is 0.378 e. The van der Waals surface area contributed by atoms with Crippen molar-refractivity contribution < 1.29 is 4.79 Å². The summed E-state index contributed by atoms with van der Waals surface area (Å²) in [4.78, 5) is 16.9. The van der Waals surface area contributed by atoms with Crippen LogP contribution in [0.4, 0.5) is 11.4 Å². The van der Waals surface area contributed by atoms with Gasteiger partial charge in [-0.2, -0.15) is 5.10 Å². The van der Waals surface area contributed by atoms with E-state index in [1.807, 2.05) is 0 Å². The molecular formula is C27H31N5O. The molecule has 2 aliphatic rings. The molecular weight excluding hydrogens is 410 g/mol. The summed E-state index contributed by atoms with van der Waals surface area (Å²) in [6.45, 7) is 0. The van der Waals surface area contributed by atoms with E-state index in [1.165, 1.54) is 11.1 Å². The quantitative estimate of drug-likeness (QED) is 0.607. The highest BCUT2D eigenvalue weighted by Gasteiger charge is 2.37. The summed E-state index contributed by atoms with van der Waals surface area (Å²) in [7, 11) is 8.21. The van der Waals surface area contributed by atoms with Crippen molar-refractivity contribution in [3.63, 3.8) is 0 Å². The average molecular weight is 442 g/mol. The van der Waals surface area contributed by atoms with Crippen molar-refractivity contribution in [2.24, 2.45) is 0 Å². The van der Waals surface area contributed by atoms with Gasteiger partial charge in [0.15, 0.2) is 5.69 Å². The molecule has 1 aromatic heterocycles. The summed E-state index contributed by atoms with van der Waals surface area (Å²) < 4.78 is 0. The van der Waals surface area contributed by atoms with Gasteiger partial charge in [0.1, 0.15) is 0 Å². The Hall–Kier alpha value is -3.54. The molecule has 170 valence electrons. The number of carbonyl (C=O) groups excluding carboxylic acids is 1. The Bertz CT molecular complexity index is 1130. The number of rotatable bonds is 6. The summed E-state index contributed by atoms with van der Waals surface area (Å²) in [6, 6.07) is 17.8. The molecule has 1 heterocycles. The fourth-order valence-electron chi connectivity index (χ4n) is 4.60. The number of anilines is 2. The van der Waals surface area contributed by atoms with E-state index in [0.717, 1.165) is 35.5 Å². The Morgan fingerprint density at radius 1 is 0.939 bits per heavy atom. The molecule has 2 aromatic carbocycles. The molecule has 0 bridgehead atoms. The van der Waals surface area contributed by atoms with E-state index in [1.54, 1.807) is 0 Å². The monoisotopic (exact) mass is 441 g/mol. The van der Waals surface area contributed by atoms with E-state index in [2.05, 4.69) is 114 Å². The SMILES string of the molecule is CN(C)c1ccc(C2(c3ccc(N(C)C)cc3)C=Cc3c(C(=O)NC4CC4)n[nH]c3C2)cc1. The van der Waals surface area contributed by atoms with E-state index < -0.39 is 0 Å². The van der Waals surface area contributed by atoms with Gasteiger partial charge in [-0.05, 0) is 48.2 Å². The van der Waals surface area contributed by atoms with E-state index in [9.17, 15) is 4.79 Å². The van der Waals surface area contributed by atoms with Crippen LogP contribution < -0.4 is 15.1 Å². The molecule has 0 saturated heterocycles. The topological polar surface area (TPSA) is 64.3 Å². The smallest absolute Gasteiger partial charge is 0.272 e. The van der Waals surface area contributed by atoms with Crippen LogP contribution in [0, 0.1) is 0 Å². The Kier molecular flexibility index (Phi) is 5.23. The highest BCUT2D eigenvalue weighted by Crippen LogP contribution is 2.42. The second-order valence-electron chi connectivity index (χ2n) is 9.58. The molecule has 33 heavy (non-hydrogen) atoms. The average Bonchev–Trinajstić information content (AvgIpc) is 3.54. The minimum Gasteiger partial charge on any atom is -0.378 e. The van der Waals surface area contributed by atoms with Gasteiger partial charge in [-0.3, -0.25) is 9.89 Å². The highest BCUT2D eigenvalue weighted by molar-refractivity contribution is 5.97. The van der Waals surface area contributed by atoms with Crippen LogP contribution >= 0.6 is 0 Å². The van der Waals surface area contributed by atoms with Gasteiger partial charge >= 0.3 is 0 Å². The number of amides is 1. The maximum absolute atomic E-state index is 12.7. The third-order valence-corrected chi connectivity index (χ3v) is 6.80. The van der Waals surface area contributed by atoms with Crippen molar-refractivity contribution in [1.29, 1.82) is 0 Å². The second-order valence-corrected chi connectivity index (χ2v) is 9.58. The number of H-pyrrole nitrogens is 1. The standard InChI is InChI=1S/C27H31N5O/c1-31(2)21-11-5-18(6-12-21)27(19-7-13-22(14-8-19)32(3)4)16-15-23-24(17-27)29-30-25(23)26(33)28-20-9-10-20/h5-8,11-16,20H,9-10,17H2,1-4H3,(H,28,33)(H,29,30). The molecule has 0 radical (unpaired) electrons. The van der Waals surface area contributed by atoms with E-state index in [-0.39, 0.29) is 11.3 Å². The number of hydrogen-bond donors (Lipinski definition) is 2. The van der Waals surface area contributed by atoms with Gasteiger partial charge in [-0.1, -0.05) is 36.4 Å². The molecule has 2 aliphatic carbocycles. The van der Waals surface area contributed by atoms with Crippen LogP contribution in [-0.2, 0) is 11.8 Å². The third-order valence-electron chi connectivity index (χ3n) is 6.80. The zero-order valence-corrected chi connectivity index (χ0v) is 19.7. The van der Waals surface area contributed by atoms with Crippen molar-refractivity contribution in [3.8, 4) is 0 Å². The first-order valence-electron chi connectivity index (χ1n) is 11.5. The van der Waals surface area contributed by atoms with Crippen molar-refractivity contribution in [1.82, 2.24) is 15.5 Å². The summed E-state index contributed by atoms with van der Waals surface area (Å²) in [5.41, 5.74) is 6.80. The number of aromatic nitrogens is 2. The predicted molar refractivity (Wildman–Crippen MR) is 134 cm³/mol. The van der Waals surface area contributed by atoms with Crippen molar-refractivity contribution in [2.45, 2.75) is 30.7 Å². The maximum Gasteiger partial charge on any atom is 0.272 e. The predicted octanol–water partition coefficient (Wildman–Crippen LogP) is 3.99. The summed E-state index contributed by atoms with van der Waals surface area (Å²) in [5.74, 6) is -0.0854. The minimum absolute atomic E-state index is 0.0854. The van der Waals surface area contributed by atoms with Crippen LogP contribution in [-0.4, -0.2) is 50.3 Å². The molecule has 3 aromatic rings. The van der Waals surface area contributed by atoms with Crippen molar-refractivity contribution in [2.75, 3.05) is 38.0 Å². The number of allylic oxidation sites excluding steroid dienone is 1. The van der Waals surface area contributed by atoms with E-state index >= 15 is 0 Å². The van der Waals surface area contributed by atoms with E-state index in [0.29, 0.717) is 18.2 Å². The number of nitrogens with zero attached hydrogens (tertiary/aromatic N) is 3. The number of aromatic amines is 1. The first-order chi connectivity index (χ1) is 15.9. The minimum atomic E-state index is -0.348. The van der Waals surface area contributed by atoms with Gasteiger partial charge in [0.25, 0.3) is 5.91 Å². The molecule has 1 fully saturated rings. The van der Waals surface area contributed by atoms with Crippen LogP contribution in [0.3, 0.4) is 0 Å². The van der Waals surface area contributed by atoms with Crippen LogP contribution in [0.2, 0.25) is 0 Å². The van der Waals surface area contributed by atoms with Gasteiger partial charge in [-0.15, -0.1) is 0 Å². The maximum atomic E-state index is 12.7. The fourth-order valence-corrected chi connectivity index (χ4v) is 4.60. The number of carbonyl (C=O) groups is 1. The lowest BCUT2D eigenvalue weighted by Gasteiger charge is -2.35. The van der Waals surface area contributed by atoms with Crippen molar-refractivity contribution >= 4 is 23.4 Å². The van der Waals surface area contributed by atoms with Gasteiger partial charge in [0, 0.05) is 68.7 Å². The molecule has 0 spiro atoms. The number of nitrogens with one attached hydrogen (secondary N) is 2. The van der Waals surface area contributed by atoms with Crippen LogP contribution in [0.5, 0.6) is 0 Å². The van der Waals surface area contributed by atoms with Gasteiger partial charge in [0.05, 0.1) is 0 Å². The number of benzene rings is 2. The molecule has 0 unspecified atom stereocenters. The lowest BCUT2D eigenvalue weighted by atomic mass is 9.68. The van der Waals surface area contributed by atoms with E-state index in [4.69, 9.17) is 0 Å². The van der Waals surface area contributed by atoms with Gasteiger partial charge < -0.3 is 15.1 Å². The zero-order chi connectivity index (χ0) is 23.2. The summed E-state index contributed by atoms with van der Waals surface area (Å²) in [6.07, 6.45) is 7.15. The number of fused-ring (bicyclic) bond motifs is 1. The lowest BCUT2D eigenvalue weighted by Crippen LogP contribution is -2.31. The van der Waals surface area contributed by atoms with Gasteiger partial charge in [0.2, 0.25) is 0 Å². The molecule has 1 saturated carbocycles. The molecule has 6 heteroatoms. The molecule has 1 amide bonds. The molecule has 6 nitrogen and oxygen atoms in total. The Morgan fingerprint density at radius 2 is 1.48 bits per heavy atom. The Morgan fingerprint density at radius 3 is 1.97 bits per heavy atom. The molecule has 5 rings (SSSR count). The normalized spacial score (nSPS) is 16.2. The Labute approximate surface area is 195 Å². The highest BCUT2D eigenvalue weighted by atomic mass is 16.2. The summed E-state index contributed by atoms with van der Waals surface area (Å²) >= 11 is 0. The Balaban J connectivity index is 1.56. The first-order valence-corrected chi connectivity index (χ1v) is 11.5. The first kappa shape index (κ1) is 21.3.